The summed E-state index contributed by atoms with van der Waals surface area (Å²) < 4.78 is 38.7. The molecule has 3 rings (SSSR count). The van der Waals surface area contributed by atoms with Crippen LogP contribution in [-0.2, 0) is 6.18 Å². The highest BCUT2D eigenvalue weighted by atomic mass is 19.4. The third-order valence-electron chi connectivity index (χ3n) is 5.94. The lowest BCUT2D eigenvalue weighted by Crippen LogP contribution is -2.47. The highest BCUT2D eigenvalue weighted by molar-refractivity contribution is 5.64. The predicted octanol–water partition coefficient (Wildman–Crippen LogP) is 4.04. The molecule has 0 radical (unpaired) electrons. The fraction of sp³-hybridized carbons (Fsp3) is 0.650. The van der Waals surface area contributed by atoms with Crippen LogP contribution in [0.25, 0.3) is 0 Å². The summed E-state index contributed by atoms with van der Waals surface area (Å²) in [5.74, 6) is 0.633. The predicted molar refractivity (Wildman–Crippen MR) is 102 cm³/mol. The van der Waals surface area contributed by atoms with Crippen LogP contribution < -0.4 is 10.2 Å². The molecule has 5 nitrogen and oxygen atoms in total. The number of nitrogens with one attached hydrogen (secondary N) is 1. The van der Waals surface area contributed by atoms with Gasteiger partial charge in [0.25, 0.3) is 0 Å². The standard InChI is InChI=1S/C20H28F3N3O2/c21-20(22,23)16-2-1-3-18(14-16)26-12-10-25(11-13-26)9-8-15-4-6-17(7-5-15)24-19(27)28/h1-3,14-15,17,24H,4-13H2,(H,27,28). The number of anilines is 1. The number of benzene rings is 1. The summed E-state index contributed by atoms with van der Waals surface area (Å²) in [6.07, 6.45) is -0.243. The Labute approximate surface area is 163 Å². The zero-order valence-corrected chi connectivity index (χ0v) is 15.9. The van der Waals surface area contributed by atoms with Crippen LogP contribution in [0, 0.1) is 5.92 Å². The molecular weight excluding hydrogens is 371 g/mol. The Hall–Kier alpha value is -1.96. The summed E-state index contributed by atoms with van der Waals surface area (Å²) in [7, 11) is 0. The van der Waals surface area contributed by atoms with Crippen molar-refractivity contribution in [1.82, 2.24) is 10.2 Å². The van der Waals surface area contributed by atoms with Gasteiger partial charge in [0.1, 0.15) is 0 Å². The molecule has 1 aliphatic heterocycles. The Morgan fingerprint density at radius 2 is 1.79 bits per heavy atom. The molecular formula is C20H28F3N3O2. The summed E-state index contributed by atoms with van der Waals surface area (Å²) in [6, 6.07) is 5.65. The summed E-state index contributed by atoms with van der Waals surface area (Å²) >= 11 is 0. The van der Waals surface area contributed by atoms with Crippen LogP contribution in [-0.4, -0.2) is 54.9 Å². The second-order valence-electron chi connectivity index (χ2n) is 7.83. The van der Waals surface area contributed by atoms with Gasteiger partial charge in [-0.25, -0.2) is 4.79 Å². The highest BCUT2D eigenvalue weighted by Gasteiger charge is 2.31. The molecule has 0 bridgehead atoms. The van der Waals surface area contributed by atoms with E-state index in [9.17, 15) is 18.0 Å². The van der Waals surface area contributed by atoms with E-state index in [0.717, 1.165) is 70.9 Å². The van der Waals surface area contributed by atoms with E-state index in [4.69, 9.17) is 5.11 Å². The van der Waals surface area contributed by atoms with Gasteiger partial charge < -0.3 is 15.3 Å². The van der Waals surface area contributed by atoms with Gasteiger partial charge in [-0.15, -0.1) is 0 Å². The first kappa shape index (κ1) is 20.8. The lowest BCUT2D eigenvalue weighted by atomic mass is 9.84. The molecule has 1 saturated carbocycles. The molecule has 1 saturated heterocycles. The van der Waals surface area contributed by atoms with Crippen LogP contribution in [0.3, 0.4) is 0 Å². The van der Waals surface area contributed by atoms with Crippen LogP contribution in [0.5, 0.6) is 0 Å². The maximum atomic E-state index is 12.9. The quantitative estimate of drug-likeness (QED) is 0.785. The minimum absolute atomic E-state index is 0.0877. The van der Waals surface area contributed by atoms with Gasteiger partial charge in [-0.3, -0.25) is 4.90 Å². The van der Waals surface area contributed by atoms with E-state index in [2.05, 4.69) is 10.2 Å². The molecule has 1 heterocycles. The SMILES string of the molecule is O=C(O)NC1CCC(CCN2CCN(c3cccc(C(F)(F)F)c3)CC2)CC1. The van der Waals surface area contributed by atoms with Crippen molar-refractivity contribution >= 4 is 11.8 Å². The Morgan fingerprint density at radius 1 is 1.11 bits per heavy atom. The molecule has 1 amide bonds. The minimum Gasteiger partial charge on any atom is -0.465 e. The molecule has 0 atom stereocenters. The Balaban J connectivity index is 1.40. The molecule has 1 aliphatic carbocycles. The van der Waals surface area contributed by atoms with Crippen LogP contribution in [0.2, 0.25) is 0 Å². The third-order valence-corrected chi connectivity index (χ3v) is 5.94. The first-order valence-electron chi connectivity index (χ1n) is 9.95. The van der Waals surface area contributed by atoms with E-state index in [1.807, 2.05) is 4.90 Å². The number of hydrogen-bond donors (Lipinski definition) is 2. The molecule has 0 aromatic heterocycles. The molecule has 2 N–H and O–H groups in total. The number of alkyl halides is 3. The van der Waals surface area contributed by atoms with Gasteiger partial charge in [0.15, 0.2) is 0 Å². The van der Waals surface area contributed by atoms with Gasteiger partial charge in [-0.1, -0.05) is 6.07 Å². The zero-order chi connectivity index (χ0) is 20.1. The summed E-state index contributed by atoms with van der Waals surface area (Å²) in [5, 5.41) is 11.4. The van der Waals surface area contributed by atoms with Gasteiger partial charge in [0.05, 0.1) is 5.56 Å². The number of carboxylic acid groups (broad SMARTS) is 1. The molecule has 8 heteroatoms. The number of piperazine rings is 1. The van der Waals surface area contributed by atoms with Gasteiger partial charge in [-0.2, -0.15) is 13.2 Å². The van der Waals surface area contributed by atoms with Crippen molar-refractivity contribution in [2.75, 3.05) is 37.6 Å². The van der Waals surface area contributed by atoms with E-state index >= 15 is 0 Å². The first-order valence-corrected chi connectivity index (χ1v) is 9.95. The number of nitrogens with zero attached hydrogens (tertiary/aromatic N) is 2. The number of amides is 1. The molecule has 156 valence electrons. The summed E-state index contributed by atoms with van der Waals surface area (Å²) in [5.41, 5.74) is 0.0409. The average molecular weight is 399 g/mol. The molecule has 1 aromatic carbocycles. The van der Waals surface area contributed by atoms with Gasteiger partial charge in [0, 0.05) is 37.9 Å². The zero-order valence-electron chi connectivity index (χ0n) is 15.9. The number of carbonyl (C=O) groups is 1. The fourth-order valence-electron chi connectivity index (χ4n) is 4.24. The molecule has 0 unspecified atom stereocenters. The largest absolute Gasteiger partial charge is 0.465 e. The molecule has 0 spiro atoms. The maximum Gasteiger partial charge on any atom is 0.416 e. The van der Waals surface area contributed by atoms with E-state index in [0.29, 0.717) is 11.6 Å². The number of rotatable bonds is 5. The van der Waals surface area contributed by atoms with Crippen molar-refractivity contribution < 1.29 is 23.1 Å². The highest BCUT2D eigenvalue weighted by Crippen LogP contribution is 2.32. The van der Waals surface area contributed by atoms with Crippen molar-refractivity contribution in [2.24, 2.45) is 5.92 Å². The minimum atomic E-state index is -4.31. The van der Waals surface area contributed by atoms with Crippen molar-refractivity contribution in [3.8, 4) is 0 Å². The van der Waals surface area contributed by atoms with Crippen molar-refractivity contribution in [3.63, 3.8) is 0 Å². The Bertz CT molecular complexity index is 652. The molecule has 2 fully saturated rings. The summed E-state index contributed by atoms with van der Waals surface area (Å²) in [4.78, 5) is 15.1. The normalized spacial score (nSPS) is 24.2. The van der Waals surface area contributed by atoms with Crippen molar-refractivity contribution in [2.45, 2.75) is 44.3 Å². The van der Waals surface area contributed by atoms with E-state index in [1.54, 1.807) is 6.07 Å². The van der Waals surface area contributed by atoms with Crippen LogP contribution in [0.1, 0.15) is 37.7 Å². The number of hydrogen-bond acceptors (Lipinski definition) is 3. The van der Waals surface area contributed by atoms with Gasteiger partial charge in [0.2, 0.25) is 0 Å². The second-order valence-corrected chi connectivity index (χ2v) is 7.83. The smallest absolute Gasteiger partial charge is 0.416 e. The molecule has 1 aromatic rings. The molecule has 2 aliphatic rings. The van der Waals surface area contributed by atoms with Crippen molar-refractivity contribution in [3.05, 3.63) is 29.8 Å². The topological polar surface area (TPSA) is 55.8 Å². The van der Waals surface area contributed by atoms with E-state index in [-0.39, 0.29) is 6.04 Å². The maximum absolute atomic E-state index is 12.9. The average Bonchev–Trinajstić information content (AvgIpc) is 2.67. The van der Waals surface area contributed by atoms with Crippen LogP contribution >= 0.6 is 0 Å². The van der Waals surface area contributed by atoms with Crippen molar-refractivity contribution in [1.29, 1.82) is 0 Å². The molecule has 28 heavy (non-hydrogen) atoms. The van der Waals surface area contributed by atoms with Gasteiger partial charge in [-0.05, 0) is 62.8 Å². The Kier molecular flexibility index (Phi) is 6.69. The third kappa shape index (κ3) is 5.77. The lowest BCUT2D eigenvalue weighted by molar-refractivity contribution is -0.137. The lowest BCUT2D eigenvalue weighted by Gasteiger charge is -2.37. The number of halogens is 3. The van der Waals surface area contributed by atoms with E-state index in [1.165, 1.54) is 12.1 Å². The van der Waals surface area contributed by atoms with Crippen LogP contribution in [0.15, 0.2) is 24.3 Å². The summed E-state index contributed by atoms with van der Waals surface area (Å²) in [6.45, 7) is 4.17. The Morgan fingerprint density at radius 3 is 2.39 bits per heavy atom. The monoisotopic (exact) mass is 399 g/mol. The van der Waals surface area contributed by atoms with Gasteiger partial charge >= 0.3 is 12.3 Å². The first-order chi connectivity index (χ1) is 13.3. The van der Waals surface area contributed by atoms with E-state index < -0.39 is 17.8 Å². The second kappa shape index (κ2) is 9.03. The van der Waals surface area contributed by atoms with Crippen LogP contribution in [0.4, 0.5) is 23.7 Å². The fourth-order valence-corrected chi connectivity index (χ4v) is 4.24.